The lowest BCUT2D eigenvalue weighted by Crippen LogP contribution is -2.38. The molecular weight excluding hydrogens is 447 g/mol. The minimum atomic E-state index is 0. The van der Waals surface area contributed by atoms with Crippen LogP contribution in [-0.4, -0.2) is 12.5 Å². The van der Waals surface area contributed by atoms with Crippen LogP contribution in [0.2, 0.25) is 5.02 Å². The Balaban J connectivity index is 0.00000312. The van der Waals surface area contributed by atoms with Crippen LogP contribution < -0.4 is 10.6 Å². The van der Waals surface area contributed by atoms with Gasteiger partial charge in [0.1, 0.15) is 0 Å². The average molecular weight is 469 g/mol. The molecule has 25 heavy (non-hydrogen) atoms. The zero-order valence-electron chi connectivity index (χ0n) is 14.3. The van der Waals surface area contributed by atoms with E-state index in [0.29, 0.717) is 12.1 Å². The largest absolute Gasteiger partial charge is 0.357 e. The number of hydrogen-bond donors (Lipinski definition) is 2. The van der Waals surface area contributed by atoms with E-state index in [1.807, 2.05) is 43.3 Å². The summed E-state index contributed by atoms with van der Waals surface area (Å²) in [6, 6.07) is 17.4. The molecule has 2 aromatic carbocycles. The van der Waals surface area contributed by atoms with Crippen molar-refractivity contribution < 1.29 is 0 Å². The Bertz CT molecular complexity index is 738. The van der Waals surface area contributed by atoms with Crippen molar-refractivity contribution in [3.8, 4) is 6.07 Å². The molecule has 0 heterocycles. The molecule has 0 aliphatic carbocycles. The van der Waals surface area contributed by atoms with Gasteiger partial charge in [0.25, 0.3) is 0 Å². The first-order valence-electron chi connectivity index (χ1n) is 7.92. The van der Waals surface area contributed by atoms with E-state index in [-0.39, 0.29) is 30.0 Å². The van der Waals surface area contributed by atoms with Crippen LogP contribution in [0.4, 0.5) is 0 Å². The lowest BCUT2D eigenvalue weighted by atomic mass is 10.1. The number of halogens is 2. The van der Waals surface area contributed by atoms with E-state index >= 15 is 0 Å². The van der Waals surface area contributed by atoms with Crippen LogP contribution in [0, 0.1) is 11.3 Å². The molecule has 0 aliphatic rings. The van der Waals surface area contributed by atoms with Crippen molar-refractivity contribution >= 4 is 41.5 Å². The molecule has 2 aromatic rings. The monoisotopic (exact) mass is 468 g/mol. The fourth-order valence-electron chi connectivity index (χ4n) is 2.28. The zero-order valence-corrected chi connectivity index (χ0v) is 17.4. The summed E-state index contributed by atoms with van der Waals surface area (Å²) in [4.78, 5) is 4.60. The third-order valence-electron chi connectivity index (χ3n) is 3.57. The molecule has 0 aliphatic heterocycles. The molecule has 0 bridgehead atoms. The lowest BCUT2D eigenvalue weighted by molar-refractivity contribution is 0.686. The maximum Gasteiger partial charge on any atom is 0.192 e. The molecule has 0 radical (unpaired) electrons. The van der Waals surface area contributed by atoms with Gasteiger partial charge < -0.3 is 10.6 Å². The Kier molecular flexibility index (Phi) is 9.32. The van der Waals surface area contributed by atoms with Gasteiger partial charge in [-0.05, 0) is 43.2 Å². The maximum atomic E-state index is 8.84. The molecule has 1 atom stereocenters. The third-order valence-corrected chi connectivity index (χ3v) is 3.92. The van der Waals surface area contributed by atoms with E-state index in [1.54, 1.807) is 12.1 Å². The number of nitriles is 1. The van der Waals surface area contributed by atoms with Crippen LogP contribution in [0.15, 0.2) is 53.5 Å². The summed E-state index contributed by atoms with van der Waals surface area (Å²) in [7, 11) is 0. The van der Waals surface area contributed by atoms with E-state index in [1.165, 1.54) is 0 Å². The number of guanidine groups is 1. The Morgan fingerprint density at radius 1 is 1.20 bits per heavy atom. The summed E-state index contributed by atoms with van der Waals surface area (Å²) < 4.78 is 0. The molecule has 2 rings (SSSR count). The summed E-state index contributed by atoms with van der Waals surface area (Å²) in [5.41, 5.74) is 2.74. The molecule has 6 heteroatoms. The Morgan fingerprint density at radius 3 is 2.48 bits per heavy atom. The summed E-state index contributed by atoms with van der Waals surface area (Å²) in [6.07, 6.45) is 0. The van der Waals surface area contributed by atoms with Crippen LogP contribution in [0.3, 0.4) is 0 Å². The van der Waals surface area contributed by atoms with Crippen LogP contribution in [-0.2, 0) is 6.54 Å². The summed E-state index contributed by atoms with van der Waals surface area (Å²) in [5.74, 6) is 0.731. The van der Waals surface area contributed by atoms with Crippen LogP contribution >= 0.6 is 35.6 Å². The second-order valence-electron chi connectivity index (χ2n) is 5.39. The van der Waals surface area contributed by atoms with Crippen molar-refractivity contribution in [2.24, 2.45) is 4.99 Å². The van der Waals surface area contributed by atoms with Gasteiger partial charge in [-0.1, -0.05) is 41.9 Å². The second-order valence-corrected chi connectivity index (χ2v) is 5.80. The summed E-state index contributed by atoms with van der Waals surface area (Å²) in [6.45, 7) is 5.39. The highest BCUT2D eigenvalue weighted by Crippen LogP contribution is 2.21. The van der Waals surface area contributed by atoms with E-state index < -0.39 is 0 Å². The smallest absolute Gasteiger partial charge is 0.192 e. The topological polar surface area (TPSA) is 60.2 Å². The van der Waals surface area contributed by atoms with Gasteiger partial charge in [-0.25, -0.2) is 4.99 Å². The minimum absolute atomic E-state index is 0. The summed E-state index contributed by atoms with van der Waals surface area (Å²) >= 11 is 6.25. The van der Waals surface area contributed by atoms with Crippen molar-refractivity contribution in [3.63, 3.8) is 0 Å². The maximum absolute atomic E-state index is 8.84. The fraction of sp³-hybridized carbons (Fsp3) is 0.263. The van der Waals surface area contributed by atoms with Gasteiger partial charge in [0, 0.05) is 11.6 Å². The van der Waals surface area contributed by atoms with Gasteiger partial charge >= 0.3 is 0 Å². The van der Waals surface area contributed by atoms with Gasteiger partial charge in [-0.2, -0.15) is 5.26 Å². The number of rotatable bonds is 5. The molecule has 132 valence electrons. The van der Waals surface area contributed by atoms with Crippen molar-refractivity contribution in [1.29, 1.82) is 5.26 Å². The van der Waals surface area contributed by atoms with E-state index in [2.05, 4.69) is 28.6 Å². The van der Waals surface area contributed by atoms with Crippen molar-refractivity contribution in [3.05, 3.63) is 70.2 Å². The van der Waals surface area contributed by atoms with E-state index in [4.69, 9.17) is 16.9 Å². The number of nitrogens with one attached hydrogen (secondary N) is 2. The second kappa shape index (κ2) is 11.0. The standard InChI is InChI=1S/C19H21ClN4.HI/c1-3-22-19(23-13-16-10-8-15(12-21)9-11-16)24-14(2)17-6-4-5-7-18(17)20;/h4-11,14H,3,13H2,1-2H3,(H2,22,23,24);1H. The molecule has 2 N–H and O–H groups in total. The SMILES string of the molecule is CCNC(=NCc1ccc(C#N)cc1)NC(C)c1ccccc1Cl.I. The van der Waals surface area contributed by atoms with Gasteiger partial charge in [-0.3, -0.25) is 0 Å². The van der Waals surface area contributed by atoms with Crippen LogP contribution in [0.25, 0.3) is 0 Å². The molecule has 0 amide bonds. The predicted molar refractivity (Wildman–Crippen MR) is 114 cm³/mol. The molecule has 0 saturated heterocycles. The lowest BCUT2D eigenvalue weighted by Gasteiger charge is -2.19. The molecule has 0 aromatic heterocycles. The van der Waals surface area contributed by atoms with E-state index in [9.17, 15) is 0 Å². The van der Waals surface area contributed by atoms with Crippen molar-refractivity contribution in [2.45, 2.75) is 26.4 Å². The number of benzene rings is 2. The van der Waals surface area contributed by atoms with Gasteiger partial charge in [0.15, 0.2) is 5.96 Å². The van der Waals surface area contributed by atoms with E-state index in [0.717, 1.165) is 28.7 Å². The van der Waals surface area contributed by atoms with Crippen LogP contribution in [0.1, 0.15) is 36.6 Å². The molecule has 4 nitrogen and oxygen atoms in total. The quantitative estimate of drug-likeness (QED) is 0.382. The number of hydrogen-bond acceptors (Lipinski definition) is 2. The first-order valence-corrected chi connectivity index (χ1v) is 8.30. The Morgan fingerprint density at radius 2 is 1.88 bits per heavy atom. The minimum Gasteiger partial charge on any atom is -0.357 e. The average Bonchev–Trinajstić information content (AvgIpc) is 2.60. The first-order chi connectivity index (χ1) is 11.6. The highest BCUT2D eigenvalue weighted by Gasteiger charge is 2.10. The predicted octanol–water partition coefficient (Wildman–Crippen LogP) is 4.65. The molecule has 1 unspecified atom stereocenters. The highest BCUT2D eigenvalue weighted by molar-refractivity contribution is 14.0. The zero-order chi connectivity index (χ0) is 17.4. The van der Waals surface area contributed by atoms with Gasteiger partial charge in [0.05, 0.1) is 24.2 Å². The molecule has 0 fully saturated rings. The third kappa shape index (κ3) is 6.56. The Hall–Kier alpha value is -1.78. The number of nitrogens with zero attached hydrogens (tertiary/aromatic N) is 2. The summed E-state index contributed by atoms with van der Waals surface area (Å²) in [5, 5.41) is 16.2. The fourth-order valence-corrected chi connectivity index (χ4v) is 2.58. The van der Waals surface area contributed by atoms with Gasteiger partial charge in [0.2, 0.25) is 0 Å². The molecule has 0 saturated carbocycles. The van der Waals surface area contributed by atoms with Crippen LogP contribution in [0.5, 0.6) is 0 Å². The Labute approximate surface area is 171 Å². The molecule has 0 spiro atoms. The molecular formula is C19H22ClIN4. The number of aliphatic imine (C=N–C) groups is 1. The van der Waals surface area contributed by atoms with Crippen molar-refractivity contribution in [2.75, 3.05) is 6.54 Å². The van der Waals surface area contributed by atoms with Crippen molar-refractivity contribution in [1.82, 2.24) is 10.6 Å². The van der Waals surface area contributed by atoms with Gasteiger partial charge in [-0.15, -0.1) is 24.0 Å². The normalized spacial score (nSPS) is 11.8. The highest BCUT2D eigenvalue weighted by atomic mass is 127. The first kappa shape index (κ1) is 21.3.